The lowest BCUT2D eigenvalue weighted by Crippen LogP contribution is -2.59. The zero-order chi connectivity index (χ0) is 10.2. The maximum absolute atomic E-state index is 10.4. The maximum atomic E-state index is 10.4. The van der Waals surface area contributed by atoms with Crippen LogP contribution in [0.1, 0.15) is 0 Å². The fourth-order valence-corrected chi connectivity index (χ4v) is 1.07. The molecule has 5 N–H and O–H groups in total. The van der Waals surface area contributed by atoms with Crippen LogP contribution < -0.4 is 0 Å². The summed E-state index contributed by atoms with van der Waals surface area (Å²) in [4.78, 5) is 10.4. The van der Waals surface area contributed by atoms with Crippen molar-refractivity contribution >= 4 is 5.97 Å². The van der Waals surface area contributed by atoms with Gasteiger partial charge in [0.15, 0.2) is 12.4 Å². The lowest BCUT2D eigenvalue weighted by molar-refractivity contribution is -0.279. The topological polar surface area (TPSA) is 127 Å². The van der Waals surface area contributed by atoms with E-state index in [0.29, 0.717) is 0 Å². The summed E-state index contributed by atoms with van der Waals surface area (Å²) in [5.41, 5.74) is 0. The zero-order valence-electron chi connectivity index (χ0n) is 6.44. The Balaban J connectivity index is 2.76. The summed E-state index contributed by atoms with van der Waals surface area (Å²) in [6.07, 6.45) is -8.72. The highest BCUT2D eigenvalue weighted by Gasteiger charge is 2.46. The molecule has 1 aliphatic rings. The molecular formula is C6H10O7. The first-order chi connectivity index (χ1) is 5.95. The van der Waals surface area contributed by atoms with Crippen LogP contribution in [-0.2, 0) is 9.53 Å². The van der Waals surface area contributed by atoms with Gasteiger partial charge in [-0.1, -0.05) is 0 Å². The minimum Gasteiger partial charge on any atom is -0.479 e. The average molecular weight is 194 g/mol. The van der Waals surface area contributed by atoms with E-state index < -0.39 is 36.7 Å². The van der Waals surface area contributed by atoms with E-state index in [1.807, 2.05) is 0 Å². The molecule has 0 saturated carbocycles. The first-order valence-electron chi connectivity index (χ1n) is 3.55. The Labute approximate surface area is 72.8 Å². The molecule has 0 aliphatic carbocycles. The maximum Gasteiger partial charge on any atom is 0.335 e. The summed E-state index contributed by atoms with van der Waals surface area (Å²) >= 11 is 0. The minimum absolute atomic E-state index is 1.52. The van der Waals surface area contributed by atoms with E-state index in [9.17, 15) is 4.79 Å². The summed E-state index contributed by atoms with van der Waals surface area (Å²) in [5, 5.41) is 44.4. The lowest BCUT2D eigenvalue weighted by atomic mass is 9.99. The Kier molecular flexibility index (Phi) is 2.84. The van der Waals surface area contributed by atoms with Crippen molar-refractivity contribution in [3.8, 4) is 0 Å². The quantitative estimate of drug-likeness (QED) is 0.298. The molecule has 0 aromatic carbocycles. The summed E-state index contributed by atoms with van der Waals surface area (Å²) in [6.45, 7) is 0. The van der Waals surface area contributed by atoms with Gasteiger partial charge in [0.1, 0.15) is 18.3 Å². The third-order valence-corrected chi connectivity index (χ3v) is 1.83. The zero-order valence-corrected chi connectivity index (χ0v) is 6.44. The van der Waals surface area contributed by atoms with E-state index in [-0.39, 0.29) is 0 Å². The van der Waals surface area contributed by atoms with Gasteiger partial charge in [0.2, 0.25) is 0 Å². The molecule has 7 nitrogen and oxygen atoms in total. The largest absolute Gasteiger partial charge is 0.479 e. The molecule has 0 spiro atoms. The fraction of sp³-hybridized carbons (Fsp3) is 0.833. The molecule has 13 heavy (non-hydrogen) atoms. The summed E-state index contributed by atoms with van der Waals surface area (Å²) < 4.78 is 4.34. The SMILES string of the molecule is O=C(O)[C@@H]1O[C@@H](O)[C@H](O)[C@@H](O)[C@H]1O. The Morgan fingerprint density at radius 3 is 2.00 bits per heavy atom. The molecule has 5 atom stereocenters. The molecule has 0 aromatic rings. The number of carboxylic acid groups (broad SMARTS) is 1. The van der Waals surface area contributed by atoms with Crippen molar-refractivity contribution in [2.24, 2.45) is 0 Å². The molecule has 1 saturated heterocycles. The van der Waals surface area contributed by atoms with Crippen molar-refractivity contribution in [1.29, 1.82) is 0 Å². The number of aliphatic hydroxyl groups is 4. The van der Waals surface area contributed by atoms with Crippen LogP contribution in [0, 0.1) is 0 Å². The van der Waals surface area contributed by atoms with Crippen LogP contribution in [-0.4, -0.2) is 62.2 Å². The van der Waals surface area contributed by atoms with Gasteiger partial charge in [-0.25, -0.2) is 4.79 Å². The number of carboxylic acids is 1. The van der Waals surface area contributed by atoms with Gasteiger partial charge in [0, 0.05) is 0 Å². The molecule has 0 aromatic heterocycles. The molecule has 1 heterocycles. The third kappa shape index (κ3) is 1.79. The predicted octanol–water partition coefficient (Wildman–Crippen LogP) is -3.13. The van der Waals surface area contributed by atoms with Crippen LogP contribution >= 0.6 is 0 Å². The lowest BCUT2D eigenvalue weighted by Gasteiger charge is -2.36. The van der Waals surface area contributed by atoms with Crippen molar-refractivity contribution in [1.82, 2.24) is 0 Å². The molecule has 1 rings (SSSR count). The number of hydrogen-bond donors (Lipinski definition) is 5. The summed E-state index contributed by atoms with van der Waals surface area (Å²) in [5.74, 6) is -1.52. The molecule has 7 heteroatoms. The van der Waals surface area contributed by atoms with Crippen LogP contribution in [0.4, 0.5) is 0 Å². The number of hydrogen-bond acceptors (Lipinski definition) is 6. The third-order valence-electron chi connectivity index (χ3n) is 1.83. The highest BCUT2D eigenvalue weighted by Crippen LogP contribution is 2.19. The summed E-state index contributed by atoms with van der Waals surface area (Å²) in [7, 11) is 0. The second kappa shape index (κ2) is 3.56. The molecule has 0 bridgehead atoms. The van der Waals surface area contributed by atoms with Gasteiger partial charge in [0.25, 0.3) is 0 Å². The number of rotatable bonds is 1. The van der Waals surface area contributed by atoms with Gasteiger partial charge >= 0.3 is 5.97 Å². The first kappa shape index (κ1) is 10.4. The number of carbonyl (C=O) groups is 1. The van der Waals surface area contributed by atoms with Gasteiger partial charge in [-0.2, -0.15) is 0 Å². The Morgan fingerprint density at radius 1 is 1.00 bits per heavy atom. The van der Waals surface area contributed by atoms with E-state index in [4.69, 9.17) is 25.5 Å². The van der Waals surface area contributed by atoms with E-state index in [2.05, 4.69) is 4.74 Å². The van der Waals surface area contributed by atoms with Crippen LogP contribution in [0.25, 0.3) is 0 Å². The second-order valence-electron chi connectivity index (χ2n) is 2.76. The van der Waals surface area contributed by atoms with Crippen molar-refractivity contribution in [2.45, 2.75) is 30.7 Å². The number of ether oxygens (including phenoxy) is 1. The number of aliphatic carboxylic acids is 1. The van der Waals surface area contributed by atoms with Crippen LogP contribution in [0.5, 0.6) is 0 Å². The summed E-state index contributed by atoms with van der Waals surface area (Å²) in [6, 6.07) is 0. The van der Waals surface area contributed by atoms with E-state index in [1.165, 1.54) is 0 Å². The average Bonchev–Trinajstić information content (AvgIpc) is 2.07. The molecule has 1 fully saturated rings. The normalized spacial score (nSPS) is 46.0. The smallest absolute Gasteiger partial charge is 0.335 e. The first-order valence-corrected chi connectivity index (χ1v) is 3.55. The van der Waals surface area contributed by atoms with E-state index >= 15 is 0 Å². The van der Waals surface area contributed by atoms with Crippen molar-refractivity contribution < 1.29 is 35.1 Å². The van der Waals surface area contributed by atoms with E-state index in [0.717, 1.165) is 0 Å². The highest BCUT2D eigenvalue weighted by atomic mass is 16.6. The molecular weight excluding hydrogens is 184 g/mol. The van der Waals surface area contributed by atoms with Gasteiger partial charge in [-0.05, 0) is 0 Å². The standard InChI is InChI=1S/C6H10O7/c7-1-2(8)4(5(10)11)13-6(12)3(1)9/h1-4,6-9,12H,(H,10,11)/t1-,2+,3+,4+,6+/m0/s1. The van der Waals surface area contributed by atoms with Gasteiger partial charge in [-0.15, -0.1) is 0 Å². The molecule has 0 amide bonds. The van der Waals surface area contributed by atoms with Crippen LogP contribution in [0.2, 0.25) is 0 Å². The van der Waals surface area contributed by atoms with Crippen LogP contribution in [0.3, 0.4) is 0 Å². The molecule has 76 valence electrons. The highest BCUT2D eigenvalue weighted by molar-refractivity contribution is 5.73. The van der Waals surface area contributed by atoms with E-state index in [1.54, 1.807) is 0 Å². The van der Waals surface area contributed by atoms with Gasteiger partial charge in [-0.3, -0.25) is 0 Å². The Hall–Kier alpha value is -0.730. The monoisotopic (exact) mass is 194 g/mol. The number of aliphatic hydroxyl groups excluding tert-OH is 4. The van der Waals surface area contributed by atoms with Crippen molar-refractivity contribution in [3.63, 3.8) is 0 Å². The fourth-order valence-electron chi connectivity index (χ4n) is 1.07. The Morgan fingerprint density at radius 2 is 1.54 bits per heavy atom. The van der Waals surface area contributed by atoms with Gasteiger partial charge in [0.05, 0.1) is 0 Å². The van der Waals surface area contributed by atoms with Gasteiger partial charge < -0.3 is 30.3 Å². The predicted molar refractivity (Wildman–Crippen MR) is 36.5 cm³/mol. The molecule has 0 radical (unpaired) electrons. The molecule has 0 unspecified atom stereocenters. The van der Waals surface area contributed by atoms with Crippen LogP contribution in [0.15, 0.2) is 0 Å². The Bertz CT molecular complexity index is 205. The second-order valence-corrected chi connectivity index (χ2v) is 2.76. The molecule has 1 aliphatic heterocycles. The van der Waals surface area contributed by atoms with Crippen molar-refractivity contribution in [3.05, 3.63) is 0 Å². The minimum atomic E-state index is -1.81. The van der Waals surface area contributed by atoms with Crippen molar-refractivity contribution in [2.75, 3.05) is 0 Å².